The van der Waals surface area contributed by atoms with Gasteiger partial charge in [0.25, 0.3) is 0 Å². The molecule has 0 bridgehead atoms. The van der Waals surface area contributed by atoms with Gasteiger partial charge in [0.15, 0.2) is 0 Å². The molecule has 0 atom stereocenters. The third kappa shape index (κ3) is 5.95. The van der Waals surface area contributed by atoms with E-state index in [9.17, 15) is 4.79 Å². The maximum atomic E-state index is 12.6. The monoisotopic (exact) mass is 420 g/mol. The van der Waals surface area contributed by atoms with Gasteiger partial charge in [0.1, 0.15) is 0 Å². The van der Waals surface area contributed by atoms with E-state index >= 15 is 0 Å². The molecule has 2 aromatic rings. The number of likely N-dealkylation sites (tertiary alicyclic amines) is 2. The van der Waals surface area contributed by atoms with E-state index in [1.165, 1.54) is 24.1 Å². The fourth-order valence-electron chi connectivity index (χ4n) is 4.79. The summed E-state index contributed by atoms with van der Waals surface area (Å²) in [5.41, 5.74) is 3.77. The average molecular weight is 421 g/mol. The molecule has 0 radical (unpaired) electrons. The van der Waals surface area contributed by atoms with E-state index in [1.54, 1.807) is 0 Å². The number of carbonyl (C=O) groups is 1. The van der Waals surface area contributed by atoms with Crippen LogP contribution in [0.2, 0.25) is 0 Å². The van der Waals surface area contributed by atoms with E-state index in [0.29, 0.717) is 12.5 Å². The van der Waals surface area contributed by atoms with Gasteiger partial charge in [-0.3, -0.25) is 14.7 Å². The average Bonchev–Trinajstić information content (AvgIpc) is 2.84. The Bertz CT molecular complexity index is 845. The van der Waals surface area contributed by atoms with Crippen LogP contribution in [0, 0.1) is 11.8 Å². The van der Waals surface area contributed by atoms with Gasteiger partial charge in [-0.1, -0.05) is 36.9 Å². The van der Waals surface area contributed by atoms with Crippen LogP contribution in [-0.4, -0.2) is 46.9 Å². The summed E-state index contributed by atoms with van der Waals surface area (Å²) in [6.45, 7) is 10.2. The normalized spacial score (nSPS) is 18.6. The standard InChI is InChI=1S/C26H34N4O.H2/c1-21(24-9-15-29(16-10-24)20-23-7-13-27-14-8-23)30-17-11-25(12-18-30)26(31)28-19-22-5-3-2-4-6-22;/h2-8,13-14,24-25H,1,9-12,15-20H2,(H,28,31);1H. The summed E-state index contributed by atoms with van der Waals surface area (Å²) in [5.74, 6) is 0.880. The van der Waals surface area contributed by atoms with Crippen LogP contribution in [0.4, 0.5) is 0 Å². The molecule has 1 aromatic carbocycles. The van der Waals surface area contributed by atoms with Gasteiger partial charge in [0.2, 0.25) is 5.91 Å². The van der Waals surface area contributed by atoms with Crippen molar-refractivity contribution in [2.24, 2.45) is 11.8 Å². The lowest BCUT2D eigenvalue weighted by atomic mass is 9.90. The van der Waals surface area contributed by atoms with Crippen LogP contribution in [0.15, 0.2) is 67.1 Å². The number of hydrogen-bond donors (Lipinski definition) is 1. The maximum Gasteiger partial charge on any atom is 0.223 e. The number of allylic oxidation sites excluding steroid dienone is 1. The highest BCUT2D eigenvalue weighted by molar-refractivity contribution is 5.78. The topological polar surface area (TPSA) is 48.5 Å². The summed E-state index contributed by atoms with van der Waals surface area (Å²) in [6, 6.07) is 14.3. The third-order valence-corrected chi connectivity index (χ3v) is 6.80. The summed E-state index contributed by atoms with van der Waals surface area (Å²) in [7, 11) is 0. The second-order valence-corrected chi connectivity index (χ2v) is 8.86. The Balaban J connectivity index is 0.00000289. The molecule has 2 fully saturated rings. The molecule has 31 heavy (non-hydrogen) atoms. The molecule has 3 heterocycles. The fourth-order valence-corrected chi connectivity index (χ4v) is 4.79. The smallest absolute Gasteiger partial charge is 0.223 e. The molecule has 1 amide bonds. The number of carbonyl (C=O) groups excluding carboxylic acids is 1. The quantitative estimate of drug-likeness (QED) is 0.733. The summed E-state index contributed by atoms with van der Waals surface area (Å²) in [6.07, 6.45) is 7.91. The summed E-state index contributed by atoms with van der Waals surface area (Å²) < 4.78 is 0. The summed E-state index contributed by atoms with van der Waals surface area (Å²) in [4.78, 5) is 21.6. The van der Waals surface area contributed by atoms with Crippen molar-refractivity contribution >= 4 is 5.91 Å². The molecule has 1 aromatic heterocycles. The van der Waals surface area contributed by atoms with Crippen molar-refractivity contribution in [3.63, 3.8) is 0 Å². The van der Waals surface area contributed by atoms with Gasteiger partial charge in [0.05, 0.1) is 0 Å². The lowest BCUT2D eigenvalue weighted by Gasteiger charge is -2.40. The predicted molar refractivity (Wildman–Crippen MR) is 126 cm³/mol. The first kappa shape index (κ1) is 21.6. The Hall–Kier alpha value is -2.66. The van der Waals surface area contributed by atoms with Crippen molar-refractivity contribution in [3.8, 4) is 0 Å². The van der Waals surface area contributed by atoms with Crippen molar-refractivity contribution in [2.75, 3.05) is 26.2 Å². The lowest BCUT2D eigenvalue weighted by molar-refractivity contribution is -0.126. The minimum atomic E-state index is 0. The van der Waals surface area contributed by atoms with Crippen molar-refractivity contribution in [1.29, 1.82) is 0 Å². The van der Waals surface area contributed by atoms with E-state index in [0.717, 1.165) is 51.1 Å². The molecule has 0 unspecified atom stereocenters. The van der Waals surface area contributed by atoms with E-state index in [2.05, 4.69) is 50.9 Å². The van der Waals surface area contributed by atoms with Crippen LogP contribution >= 0.6 is 0 Å². The number of nitrogens with zero attached hydrogens (tertiary/aromatic N) is 3. The number of rotatable bonds is 7. The maximum absolute atomic E-state index is 12.6. The van der Waals surface area contributed by atoms with Gasteiger partial charge in [-0.05, 0) is 62.0 Å². The molecule has 1 N–H and O–H groups in total. The van der Waals surface area contributed by atoms with Crippen LogP contribution in [0.5, 0.6) is 0 Å². The lowest BCUT2D eigenvalue weighted by Crippen LogP contribution is -2.42. The van der Waals surface area contributed by atoms with Crippen molar-refractivity contribution in [2.45, 2.75) is 38.8 Å². The Morgan fingerprint density at radius 1 is 0.935 bits per heavy atom. The van der Waals surface area contributed by atoms with E-state index in [1.807, 2.05) is 30.6 Å². The molecule has 5 nitrogen and oxygen atoms in total. The number of nitrogens with one attached hydrogen (secondary N) is 1. The van der Waals surface area contributed by atoms with Gasteiger partial charge < -0.3 is 10.2 Å². The first-order valence-electron chi connectivity index (χ1n) is 11.6. The number of piperidine rings is 2. The zero-order chi connectivity index (χ0) is 21.5. The highest BCUT2D eigenvalue weighted by Gasteiger charge is 2.29. The molecule has 5 heteroatoms. The van der Waals surface area contributed by atoms with Gasteiger partial charge in [-0.15, -0.1) is 0 Å². The minimum absolute atomic E-state index is 0. The van der Waals surface area contributed by atoms with Gasteiger partial charge in [0, 0.05) is 57.5 Å². The van der Waals surface area contributed by atoms with Crippen molar-refractivity contribution in [3.05, 3.63) is 78.3 Å². The zero-order valence-electron chi connectivity index (χ0n) is 18.4. The molecule has 2 saturated heterocycles. The first-order valence-corrected chi connectivity index (χ1v) is 11.6. The Morgan fingerprint density at radius 2 is 1.58 bits per heavy atom. The van der Waals surface area contributed by atoms with Crippen molar-refractivity contribution < 1.29 is 6.22 Å². The van der Waals surface area contributed by atoms with Gasteiger partial charge in [-0.25, -0.2) is 0 Å². The predicted octanol–water partition coefficient (Wildman–Crippen LogP) is 4.08. The molecule has 0 spiro atoms. The summed E-state index contributed by atoms with van der Waals surface area (Å²) >= 11 is 0. The SMILES string of the molecule is C=C(C1CCN(Cc2ccncc2)CC1)N1CCC(C(=O)NCc2ccccc2)CC1.[HH]. The zero-order valence-corrected chi connectivity index (χ0v) is 18.4. The highest BCUT2D eigenvalue weighted by atomic mass is 16.1. The molecule has 2 aliphatic rings. The van der Waals surface area contributed by atoms with Crippen LogP contribution in [0.1, 0.15) is 38.2 Å². The van der Waals surface area contributed by atoms with Crippen LogP contribution in [0.3, 0.4) is 0 Å². The number of amides is 1. The molecule has 166 valence electrons. The van der Waals surface area contributed by atoms with Crippen LogP contribution < -0.4 is 5.32 Å². The largest absolute Gasteiger partial charge is 0.375 e. The van der Waals surface area contributed by atoms with Crippen LogP contribution in [0.25, 0.3) is 0 Å². The number of hydrogen-bond acceptors (Lipinski definition) is 4. The van der Waals surface area contributed by atoms with Gasteiger partial charge in [-0.2, -0.15) is 0 Å². The number of aromatic nitrogens is 1. The number of pyridine rings is 1. The van der Waals surface area contributed by atoms with Crippen molar-refractivity contribution in [1.82, 2.24) is 20.1 Å². The third-order valence-electron chi connectivity index (χ3n) is 6.80. The Kier molecular flexibility index (Phi) is 7.36. The highest BCUT2D eigenvalue weighted by Crippen LogP contribution is 2.30. The Morgan fingerprint density at radius 3 is 2.26 bits per heavy atom. The molecular formula is C26H36N4O. The van der Waals surface area contributed by atoms with E-state index in [4.69, 9.17) is 0 Å². The van der Waals surface area contributed by atoms with E-state index < -0.39 is 0 Å². The fraction of sp³-hybridized carbons (Fsp3) is 0.462. The Labute approximate surface area is 187 Å². The van der Waals surface area contributed by atoms with E-state index in [-0.39, 0.29) is 13.3 Å². The molecule has 2 aliphatic heterocycles. The first-order chi connectivity index (χ1) is 15.2. The van der Waals surface area contributed by atoms with Gasteiger partial charge >= 0.3 is 0 Å². The molecule has 4 rings (SSSR count). The molecule has 0 aliphatic carbocycles. The van der Waals surface area contributed by atoms with Crippen LogP contribution in [-0.2, 0) is 17.9 Å². The second-order valence-electron chi connectivity index (χ2n) is 8.86. The summed E-state index contributed by atoms with van der Waals surface area (Å²) in [5, 5.41) is 3.11. The number of benzene rings is 1. The second kappa shape index (κ2) is 10.6. The molecule has 0 saturated carbocycles. The minimum Gasteiger partial charge on any atom is -0.375 e. The molecular weight excluding hydrogens is 384 g/mol.